The molecule has 0 saturated heterocycles. The van der Waals surface area contributed by atoms with Gasteiger partial charge in [0.2, 0.25) is 6.33 Å². The topological polar surface area (TPSA) is 96.4 Å². The van der Waals surface area contributed by atoms with Crippen LogP contribution in [0.4, 0.5) is 17.3 Å². The van der Waals surface area contributed by atoms with Crippen LogP contribution >= 0.6 is 0 Å². The van der Waals surface area contributed by atoms with Crippen molar-refractivity contribution in [3.05, 3.63) is 47.5 Å². The van der Waals surface area contributed by atoms with Crippen LogP contribution in [0.2, 0.25) is 0 Å². The van der Waals surface area contributed by atoms with E-state index in [2.05, 4.69) is 62.0 Å². The van der Waals surface area contributed by atoms with Gasteiger partial charge in [-0.05, 0) is 53.5 Å². The standard InChI is InChI=1S/C25H40N4O2.BF4.O.V/c1-19(2)12-22(17-30)27-16-21-13-20(14-23(24(21)31)25(3,4)5)15-26-8-7-9-29-11-10-28(6)18-29;2-1(3,4)5;;/h10-11,13-14,16,18-19,22,26,31H,7-9,12,15,17H2,1-6H3;;;/q;-1;;+2/p-1/t22-;;;/m0.../s1. The van der Waals surface area contributed by atoms with Gasteiger partial charge in [0.25, 0.3) is 0 Å². The van der Waals surface area contributed by atoms with Gasteiger partial charge in [-0.15, -0.1) is 6.61 Å². The predicted molar refractivity (Wildman–Crippen MR) is 133 cm³/mol. The van der Waals surface area contributed by atoms with E-state index in [1.165, 1.54) is 0 Å². The first-order valence-electron chi connectivity index (χ1n) is 12.3. The average Bonchev–Trinajstić information content (AvgIpc) is 3.21. The number of halogens is 4. The first-order chi connectivity index (χ1) is 17.6. The van der Waals surface area contributed by atoms with Crippen LogP contribution < -0.4 is 20.1 Å². The van der Waals surface area contributed by atoms with Crippen LogP contribution in [0, 0.1) is 5.92 Å². The molecular formula is C25H39BF4N4O3V. The van der Waals surface area contributed by atoms with Crippen molar-refractivity contribution in [2.24, 2.45) is 18.0 Å². The molecular weight excluding hydrogens is 542 g/mol. The summed E-state index contributed by atoms with van der Waals surface area (Å²) in [6, 6.07) is 3.64. The SMILES string of the molecule is CC(C)C[C@@H](C[O-])N=Cc1cc(CNCCCn2cc[n+](C)c2)cc(C(C)(C)C)c1[O-].F[B-](F)(F)F.[O]=[V+2]. The summed E-state index contributed by atoms with van der Waals surface area (Å²) in [5.74, 6) is 0.409. The molecule has 0 radical (unpaired) electrons. The molecule has 0 aliphatic heterocycles. The molecule has 0 fully saturated rings. The van der Waals surface area contributed by atoms with Gasteiger partial charge in [-0.25, -0.2) is 9.13 Å². The van der Waals surface area contributed by atoms with Crippen molar-refractivity contribution >= 4 is 13.5 Å². The molecule has 1 N–H and O–H groups in total. The molecule has 0 amide bonds. The molecule has 1 aromatic carbocycles. The number of aryl methyl sites for hydroxylation is 2. The van der Waals surface area contributed by atoms with Gasteiger partial charge in [0.15, 0.2) is 0 Å². The molecule has 1 heterocycles. The van der Waals surface area contributed by atoms with Crippen LogP contribution in [0.5, 0.6) is 5.75 Å². The number of aliphatic imine (C=N–C) groups is 1. The van der Waals surface area contributed by atoms with E-state index in [1.54, 1.807) is 6.21 Å². The van der Waals surface area contributed by atoms with Crippen molar-refractivity contribution in [3.8, 4) is 5.75 Å². The van der Waals surface area contributed by atoms with E-state index in [9.17, 15) is 27.5 Å². The van der Waals surface area contributed by atoms with Crippen LogP contribution in [-0.2, 0) is 46.6 Å². The molecule has 0 saturated carbocycles. The van der Waals surface area contributed by atoms with Gasteiger partial charge in [-0.3, -0.25) is 4.99 Å². The zero-order chi connectivity index (χ0) is 29.5. The minimum absolute atomic E-state index is 0.00896. The van der Waals surface area contributed by atoms with Crippen LogP contribution in [0.3, 0.4) is 0 Å². The summed E-state index contributed by atoms with van der Waals surface area (Å²) in [5, 5.41) is 28.0. The summed E-state index contributed by atoms with van der Waals surface area (Å²) in [6.45, 7) is 12.6. The van der Waals surface area contributed by atoms with Crippen molar-refractivity contribution in [1.82, 2.24) is 9.88 Å². The summed E-state index contributed by atoms with van der Waals surface area (Å²) >= 11 is 1.06. The number of nitrogens with zero attached hydrogens (tertiary/aromatic N) is 3. The molecule has 2 aromatic rings. The summed E-state index contributed by atoms with van der Waals surface area (Å²) in [6.07, 6.45) is 9.56. The fourth-order valence-electron chi connectivity index (χ4n) is 3.62. The van der Waals surface area contributed by atoms with Crippen LogP contribution in [0.15, 0.2) is 35.8 Å². The van der Waals surface area contributed by atoms with Gasteiger partial charge in [-0.1, -0.05) is 46.4 Å². The van der Waals surface area contributed by atoms with E-state index in [0.717, 1.165) is 54.4 Å². The maximum absolute atomic E-state index is 13.0. The molecule has 1 atom stereocenters. The Morgan fingerprint density at radius 2 is 1.82 bits per heavy atom. The Balaban J connectivity index is 0.00000175. The molecule has 0 spiro atoms. The molecule has 0 aliphatic carbocycles. The monoisotopic (exact) mass is 581 g/mol. The first kappa shape index (κ1) is 36.0. The second kappa shape index (κ2) is 17.6. The summed E-state index contributed by atoms with van der Waals surface area (Å²) in [4.78, 5) is 4.46. The molecule has 7 nitrogen and oxygen atoms in total. The predicted octanol–water partition coefficient (Wildman–Crippen LogP) is 3.24. The van der Waals surface area contributed by atoms with Crippen LogP contribution in [0.1, 0.15) is 64.2 Å². The van der Waals surface area contributed by atoms with Crippen LogP contribution in [-0.4, -0.2) is 37.2 Å². The zero-order valence-electron chi connectivity index (χ0n) is 23.0. The van der Waals surface area contributed by atoms with Gasteiger partial charge >= 0.3 is 28.3 Å². The van der Waals surface area contributed by atoms with Crippen molar-refractivity contribution in [2.45, 2.75) is 72.0 Å². The van der Waals surface area contributed by atoms with Gasteiger partial charge in [0.1, 0.15) is 12.4 Å². The second-order valence-electron chi connectivity index (χ2n) is 10.4. The number of rotatable bonds is 11. The second-order valence-corrected chi connectivity index (χ2v) is 10.4. The third kappa shape index (κ3) is 16.1. The van der Waals surface area contributed by atoms with Crippen molar-refractivity contribution < 1.29 is 53.1 Å². The van der Waals surface area contributed by atoms with E-state index in [4.69, 9.17) is 3.67 Å². The fourth-order valence-corrected chi connectivity index (χ4v) is 3.62. The summed E-state index contributed by atoms with van der Waals surface area (Å²) in [7, 11) is -3.98. The van der Waals surface area contributed by atoms with E-state index < -0.39 is 7.25 Å². The van der Waals surface area contributed by atoms with Crippen molar-refractivity contribution in [3.63, 3.8) is 0 Å². The Labute approximate surface area is 232 Å². The van der Waals surface area contributed by atoms with Gasteiger partial charge in [-0.2, -0.15) is 0 Å². The van der Waals surface area contributed by atoms with E-state index in [1.807, 2.05) is 29.9 Å². The molecule has 0 unspecified atom stereocenters. The maximum atomic E-state index is 13.0. The quantitative estimate of drug-likeness (QED) is 0.145. The number of benzene rings is 1. The summed E-state index contributed by atoms with van der Waals surface area (Å²) in [5.41, 5.74) is 2.18. The zero-order valence-corrected chi connectivity index (χ0v) is 24.4. The van der Waals surface area contributed by atoms with Crippen molar-refractivity contribution in [1.29, 1.82) is 0 Å². The average molecular weight is 581 g/mol. The molecule has 1 aromatic heterocycles. The molecule has 213 valence electrons. The Bertz CT molecular complexity index is 976. The number of hydrogen-bond acceptors (Lipinski definition) is 5. The van der Waals surface area contributed by atoms with Gasteiger partial charge < -0.3 is 32.8 Å². The Morgan fingerprint density at radius 3 is 2.29 bits per heavy atom. The number of imidazole rings is 1. The van der Waals surface area contributed by atoms with E-state index in [0.29, 0.717) is 18.0 Å². The third-order valence-corrected chi connectivity index (χ3v) is 5.27. The molecule has 0 aliphatic rings. The van der Waals surface area contributed by atoms with Gasteiger partial charge in [0.05, 0.1) is 13.6 Å². The van der Waals surface area contributed by atoms with E-state index in [-0.39, 0.29) is 23.8 Å². The molecule has 13 heteroatoms. The molecule has 38 heavy (non-hydrogen) atoms. The molecule has 2 rings (SSSR count). The summed E-state index contributed by atoms with van der Waals surface area (Å²) < 4.78 is 51.4. The third-order valence-electron chi connectivity index (χ3n) is 5.27. The Morgan fingerprint density at radius 1 is 1.21 bits per heavy atom. The van der Waals surface area contributed by atoms with Crippen molar-refractivity contribution in [2.75, 3.05) is 13.2 Å². The van der Waals surface area contributed by atoms with Gasteiger partial charge in [0, 0.05) is 18.8 Å². The number of nitrogens with one attached hydrogen (secondary N) is 1. The molecule has 0 bridgehead atoms. The van der Waals surface area contributed by atoms with Crippen LogP contribution in [0.25, 0.3) is 0 Å². The Kier molecular flexibility index (Phi) is 16.6. The Hall–Kier alpha value is -2.01. The number of aromatic nitrogens is 2. The first-order valence-corrected chi connectivity index (χ1v) is 12.9. The normalized spacial score (nSPS) is 12.7. The van der Waals surface area contributed by atoms with E-state index >= 15 is 0 Å². The number of hydrogen-bond donors (Lipinski definition) is 1. The minimum atomic E-state index is -6.00. The fraction of sp³-hybridized carbons (Fsp3) is 0.600.